The first-order valence-electron chi connectivity index (χ1n) is 10.6. The molecule has 9 nitrogen and oxygen atoms in total. The second-order valence-electron chi connectivity index (χ2n) is 8.01. The summed E-state index contributed by atoms with van der Waals surface area (Å²) < 4.78 is 29.3. The number of carbonyl (C=O) groups is 1. The minimum atomic E-state index is -4.04. The molecule has 1 aromatic heterocycles. The number of benzene rings is 2. The molecule has 176 valence electrons. The van der Waals surface area contributed by atoms with Crippen molar-refractivity contribution in [3.8, 4) is 0 Å². The topological polar surface area (TPSA) is 110 Å². The summed E-state index contributed by atoms with van der Waals surface area (Å²) >= 11 is 0. The molecule has 0 saturated heterocycles. The first kappa shape index (κ1) is 24.4. The molecule has 0 aliphatic carbocycles. The van der Waals surface area contributed by atoms with Crippen LogP contribution >= 0.6 is 0 Å². The van der Waals surface area contributed by atoms with Crippen molar-refractivity contribution in [1.29, 1.82) is 0 Å². The lowest BCUT2D eigenvalue weighted by Gasteiger charge is -2.21. The van der Waals surface area contributed by atoms with Crippen LogP contribution in [0.4, 0.5) is 0 Å². The summed E-state index contributed by atoms with van der Waals surface area (Å²) in [5.41, 5.74) is 0.321. The van der Waals surface area contributed by atoms with Crippen molar-refractivity contribution in [3.05, 3.63) is 74.9 Å². The molecular weight excluding hydrogens is 444 g/mol. The van der Waals surface area contributed by atoms with Gasteiger partial charge >= 0.3 is 5.69 Å². The van der Waals surface area contributed by atoms with Gasteiger partial charge in [-0.2, -0.15) is 4.31 Å². The molecule has 0 radical (unpaired) electrons. The Hall–Kier alpha value is -3.24. The highest BCUT2D eigenvalue weighted by molar-refractivity contribution is 7.89. The van der Waals surface area contributed by atoms with Crippen molar-refractivity contribution < 1.29 is 13.2 Å². The zero-order chi connectivity index (χ0) is 24.3. The molecule has 1 N–H and O–H groups in total. The number of likely N-dealkylation sites (N-methyl/N-ethyl adjacent to an activating group) is 1. The average molecular weight is 473 g/mol. The van der Waals surface area contributed by atoms with Gasteiger partial charge in [-0.25, -0.2) is 13.2 Å². The van der Waals surface area contributed by atoms with E-state index in [2.05, 4.69) is 5.32 Å². The lowest BCUT2D eigenvalue weighted by Crippen LogP contribution is -2.43. The van der Waals surface area contributed by atoms with Crippen LogP contribution in [0, 0.1) is 0 Å². The molecule has 10 heteroatoms. The maximum Gasteiger partial charge on any atom is 0.330 e. The molecule has 0 saturated carbocycles. The number of rotatable bonds is 8. The van der Waals surface area contributed by atoms with Gasteiger partial charge in [-0.3, -0.25) is 18.7 Å². The smallest absolute Gasteiger partial charge is 0.330 e. The highest BCUT2D eigenvalue weighted by atomic mass is 32.2. The van der Waals surface area contributed by atoms with Crippen LogP contribution in [0.3, 0.4) is 0 Å². The Morgan fingerprint density at radius 1 is 1.06 bits per heavy atom. The Kier molecular flexibility index (Phi) is 7.19. The van der Waals surface area contributed by atoms with E-state index in [0.717, 1.165) is 14.4 Å². The Morgan fingerprint density at radius 2 is 1.73 bits per heavy atom. The van der Waals surface area contributed by atoms with E-state index >= 15 is 0 Å². The average Bonchev–Trinajstić information content (AvgIpc) is 2.81. The van der Waals surface area contributed by atoms with Gasteiger partial charge in [0.05, 0.1) is 22.3 Å². The van der Waals surface area contributed by atoms with E-state index in [9.17, 15) is 22.8 Å². The van der Waals surface area contributed by atoms with Gasteiger partial charge in [0.15, 0.2) is 0 Å². The standard InChI is InChI=1S/C23H28N4O5S/c1-5-17(13-16-9-7-6-8-10-16)24-21(28)15-25(2)33(31,32)18-11-12-20-19(14-18)22(29)27(4)23(30)26(20)3/h6-12,14,17H,5,13,15H2,1-4H3,(H,24,28)/t17-/m0/s1. The van der Waals surface area contributed by atoms with Gasteiger partial charge in [0.1, 0.15) is 0 Å². The molecule has 0 fully saturated rings. The summed E-state index contributed by atoms with van der Waals surface area (Å²) in [5.74, 6) is -0.414. The maximum atomic E-state index is 13.1. The predicted molar refractivity (Wildman–Crippen MR) is 127 cm³/mol. The van der Waals surface area contributed by atoms with E-state index < -0.39 is 27.2 Å². The van der Waals surface area contributed by atoms with E-state index in [-0.39, 0.29) is 22.9 Å². The van der Waals surface area contributed by atoms with Gasteiger partial charge in [0.2, 0.25) is 15.9 Å². The summed E-state index contributed by atoms with van der Waals surface area (Å²) in [4.78, 5) is 37.1. The van der Waals surface area contributed by atoms with Gasteiger partial charge in [0.25, 0.3) is 5.56 Å². The number of aromatic nitrogens is 2. The van der Waals surface area contributed by atoms with Crippen molar-refractivity contribution in [2.45, 2.75) is 30.7 Å². The Bertz CT molecular complexity index is 1390. The molecule has 1 heterocycles. The molecule has 3 rings (SSSR count). The number of hydrogen-bond donors (Lipinski definition) is 1. The van der Waals surface area contributed by atoms with Crippen LogP contribution < -0.4 is 16.6 Å². The monoisotopic (exact) mass is 472 g/mol. The summed E-state index contributed by atoms with van der Waals surface area (Å²) in [6.07, 6.45) is 1.34. The van der Waals surface area contributed by atoms with E-state index in [1.807, 2.05) is 37.3 Å². The number of amides is 1. The van der Waals surface area contributed by atoms with Gasteiger partial charge in [-0.1, -0.05) is 37.3 Å². The van der Waals surface area contributed by atoms with Crippen molar-refractivity contribution in [2.75, 3.05) is 13.6 Å². The molecule has 0 aliphatic heterocycles. The van der Waals surface area contributed by atoms with E-state index in [1.54, 1.807) is 0 Å². The second kappa shape index (κ2) is 9.72. The van der Waals surface area contributed by atoms with Gasteiger partial charge in [-0.05, 0) is 36.6 Å². The summed E-state index contributed by atoms with van der Waals surface area (Å²) in [7, 11) is 0.116. The third kappa shape index (κ3) is 5.07. The number of hydrogen-bond acceptors (Lipinski definition) is 5. The Labute approximate surface area is 192 Å². The normalized spacial score (nSPS) is 12.8. The third-order valence-electron chi connectivity index (χ3n) is 5.70. The number of nitrogens with one attached hydrogen (secondary N) is 1. The fraction of sp³-hybridized carbons (Fsp3) is 0.348. The fourth-order valence-electron chi connectivity index (χ4n) is 3.67. The summed E-state index contributed by atoms with van der Waals surface area (Å²) in [6.45, 7) is 1.59. The maximum absolute atomic E-state index is 13.1. The Morgan fingerprint density at radius 3 is 2.36 bits per heavy atom. The van der Waals surface area contributed by atoms with Crippen LogP contribution in [0.25, 0.3) is 10.9 Å². The van der Waals surface area contributed by atoms with Gasteiger partial charge in [0, 0.05) is 27.2 Å². The molecule has 1 atom stereocenters. The molecule has 1 amide bonds. The number of nitrogens with zero attached hydrogens (tertiary/aromatic N) is 3. The van der Waals surface area contributed by atoms with Crippen LogP contribution in [0.5, 0.6) is 0 Å². The summed E-state index contributed by atoms with van der Waals surface area (Å²) in [6, 6.07) is 13.6. The zero-order valence-electron chi connectivity index (χ0n) is 19.1. The minimum absolute atomic E-state index is 0.104. The molecule has 3 aromatic rings. The first-order valence-corrected chi connectivity index (χ1v) is 12.0. The number of sulfonamides is 1. The fourth-order valence-corrected chi connectivity index (χ4v) is 4.83. The van der Waals surface area contributed by atoms with Crippen LogP contribution in [0.15, 0.2) is 63.0 Å². The van der Waals surface area contributed by atoms with Gasteiger partial charge in [-0.15, -0.1) is 0 Å². The molecule has 0 bridgehead atoms. The van der Waals surface area contributed by atoms with Crippen LogP contribution in [-0.2, 0) is 35.3 Å². The zero-order valence-corrected chi connectivity index (χ0v) is 19.9. The highest BCUT2D eigenvalue weighted by Crippen LogP contribution is 2.18. The van der Waals surface area contributed by atoms with E-state index in [1.165, 1.54) is 43.9 Å². The van der Waals surface area contributed by atoms with Crippen LogP contribution in [-0.4, -0.2) is 47.4 Å². The molecular formula is C23H28N4O5S. The second-order valence-corrected chi connectivity index (χ2v) is 10.1. The largest absolute Gasteiger partial charge is 0.352 e. The van der Waals surface area contributed by atoms with Crippen LogP contribution in [0.1, 0.15) is 18.9 Å². The van der Waals surface area contributed by atoms with Crippen molar-refractivity contribution in [1.82, 2.24) is 18.8 Å². The molecule has 0 aliphatic rings. The van der Waals surface area contributed by atoms with Crippen molar-refractivity contribution in [2.24, 2.45) is 14.1 Å². The first-order chi connectivity index (χ1) is 15.6. The quantitative estimate of drug-likeness (QED) is 0.526. The van der Waals surface area contributed by atoms with Crippen LogP contribution in [0.2, 0.25) is 0 Å². The van der Waals surface area contributed by atoms with Gasteiger partial charge < -0.3 is 5.32 Å². The number of aryl methyl sites for hydroxylation is 1. The molecule has 0 unspecified atom stereocenters. The SMILES string of the molecule is CC[C@@H](Cc1ccccc1)NC(=O)CN(C)S(=O)(=O)c1ccc2c(c1)c(=O)n(C)c(=O)n2C. The van der Waals surface area contributed by atoms with E-state index in [0.29, 0.717) is 18.4 Å². The Balaban J connectivity index is 1.79. The van der Waals surface area contributed by atoms with Crippen molar-refractivity contribution >= 4 is 26.8 Å². The van der Waals surface area contributed by atoms with Crippen molar-refractivity contribution in [3.63, 3.8) is 0 Å². The number of carbonyl (C=O) groups excluding carboxylic acids is 1. The summed E-state index contributed by atoms with van der Waals surface area (Å²) in [5, 5.41) is 3.00. The highest BCUT2D eigenvalue weighted by Gasteiger charge is 2.25. The lowest BCUT2D eigenvalue weighted by atomic mass is 10.0. The minimum Gasteiger partial charge on any atom is -0.352 e. The predicted octanol–water partition coefficient (Wildman–Crippen LogP) is 0.995. The number of fused-ring (bicyclic) bond motifs is 1. The molecule has 0 spiro atoms. The molecule has 2 aromatic carbocycles. The van der Waals surface area contributed by atoms with E-state index in [4.69, 9.17) is 0 Å². The lowest BCUT2D eigenvalue weighted by molar-refractivity contribution is -0.121. The third-order valence-corrected chi connectivity index (χ3v) is 7.49. The molecule has 33 heavy (non-hydrogen) atoms.